The van der Waals surface area contributed by atoms with E-state index in [1.807, 2.05) is 12.1 Å². The third-order valence-electron chi connectivity index (χ3n) is 5.69. The molecule has 0 saturated carbocycles. The van der Waals surface area contributed by atoms with E-state index in [4.69, 9.17) is 18.9 Å². The monoisotopic (exact) mass is 522 g/mol. The van der Waals surface area contributed by atoms with Crippen LogP contribution in [0.25, 0.3) is 6.08 Å². The second kappa shape index (κ2) is 10.8. The lowest BCUT2D eigenvalue weighted by atomic mass is 9.96. The molecule has 0 amide bonds. The van der Waals surface area contributed by atoms with Crippen molar-refractivity contribution in [2.24, 2.45) is 4.99 Å². The van der Waals surface area contributed by atoms with Crippen molar-refractivity contribution in [2.45, 2.75) is 26.8 Å². The van der Waals surface area contributed by atoms with E-state index in [9.17, 15) is 14.4 Å². The summed E-state index contributed by atoms with van der Waals surface area (Å²) in [5, 5.41) is 0. The molecule has 0 spiro atoms. The van der Waals surface area contributed by atoms with Gasteiger partial charge in [0.1, 0.15) is 5.75 Å². The second-order valence-corrected chi connectivity index (χ2v) is 9.09. The van der Waals surface area contributed by atoms with E-state index in [1.54, 1.807) is 57.4 Å². The number of thiazole rings is 1. The highest BCUT2D eigenvalue weighted by molar-refractivity contribution is 7.07. The fourth-order valence-electron chi connectivity index (χ4n) is 4.06. The number of esters is 2. The highest BCUT2D eigenvalue weighted by Gasteiger charge is 2.33. The van der Waals surface area contributed by atoms with Crippen LogP contribution in [-0.4, -0.2) is 37.3 Å². The lowest BCUT2D eigenvalue weighted by molar-refractivity contribution is -0.139. The summed E-state index contributed by atoms with van der Waals surface area (Å²) in [6.07, 6.45) is 1.71. The summed E-state index contributed by atoms with van der Waals surface area (Å²) in [4.78, 5) is 43.1. The minimum Gasteiger partial charge on any atom is -0.497 e. The Labute approximate surface area is 216 Å². The van der Waals surface area contributed by atoms with Crippen molar-refractivity contribution in [3.63, 3.8) is 0 Å². The summed E-state index contributed by atoms with van der Waals surface area (Å²) in [6.45, 7) is 4.96. The molecule has 0 aliphatic carbocycles. The highest BCUT2D eigenvalue weighted by atomic mass is 32.1. The largest absolute Gasteiger partial charge is 0.497 e. The number of rotatable bonds is 7. The molecule has 0 bridgehead atoms. The maximum atomic E-state index is 13.7. The zero-order valence-electron chi connectivity index (χ0n) is 21.1. The Morgan fingerprint density at radius 2 is 1.81 bits per heavy atom. The van der Waals surface area contributed by atoms with Crippen LogP contribution in [0.15, 0.2) is 63.5 Å². The molecule has 1 aliphatic heterocycles. The van der Waals surface area contributed by atoms with Gasteiger partial charge < -0.3 is 18.9 Å². The number of nitrogens with zero attached hydrogens (tertiary/aromatic N) is 2. The Bertz CT molecular complexity index is 1570. The summed E-state index contributed by atoms with van der Waals surface area (Å²) < 4.78 is 23.0. The highest BCUT2D eigenvalue weighted by Crippen LogP contribution is 2.32. The number of benzene rings is 2. The number of methoxy groups -OCH3 is 2. The molecule has 0 unspecified atom stereocenters. The van der Waals surface area contributed by atoms with Gasteiger partial charge in [0.2, 0.25) is 0 Å². The molecule has 0 fully saturated rings. The Morgan fingerprint density at radius 3 is 2.43 bits per heavy atom. The first-order valence-electron chi connectivity index (χ1n) is 11.5. The first-order valence-corrected chi connectivity index (χ1v) is 12.3. The van der Waals surface area contributed by atoms with Gasteiger partial charge in [0.25, 0.3) is 5.56 Å². The zero-order valence-corrected chi connectivity index (χ0v) is 21.9. The molecule has 4 rings (SSSR count). The average Bonchev–Trinajstić information content (AvgIpc) is 3.18. The van der Waals surface area contributed by atoms with Crippen LogP contribution in [0.3, 0.4) is 0 Å². The molecular weight excluding hydrogens is 496 g/mol. The first kappa shape index (κ1) is 25.9. The smallest absolute Gasteiger partial charge is 0.338 e. The molecule has 9 nitrogen and oxygen atoms in total. The SMILES string of the molecule is CCOC(=O)C1=C(C)N=c2sc(=Cc3ccc(OC(C)=O)c(OC)c3)c(=O)n2[C@@H]1c1ccc(OC)cc1. The third kappa shape index (κ3) is 5.19. The molecule has 0 N–H and O–H groups in total. The van der Waals surface area contributed by atoms with Gasteiger partial charge >= 0.3 is 11.9 Å². The predicted molar refractivity (Wildman–Crippen MR) is 138 cm³/mol. The summed E-state index contributed by atoms with van der Waals surface area (Å²) in [5.74, 6) is 0.298. The van der Waals surface area contributed by atoms with Crippen molar-refractivity contribution in [2.75, 3.05) is 20.8 Å². The molecule has 192 valence electrons. The van der Waals surface area contributed by atoms with Crippen molar-refractivity contribution in [1.29, 1.82) is 0 Å². The Hall–Kier alpha value is -4.18. The number of aromatic nitrogens is 1. The van der Waals surface area contributed by atoms with Crippen LogP contribution in [0.2, 0.25) is 0 Å². The van der Waals surface area contributed by atoms with E-state index >= 15 is 0 Å². The normalized spacial score (nSPS) is 15.1. The van der Waals surface area contributed by atoms with Crippen LogP contribution < -0.4 is 29.1 Å². The predicted octanol–water partition coefficient (Wildman–Crippen LogP) is 2.74. The van der Waals surface area contributed by atoms with Crippen LogP contribution in [0.5, 0.6) is 17.2 Å². The Morgan fingerprint density at radius 1 is 1.08 bits per heavy atom. The van der Waals surface area contributed by atoms with E-state index in [2.05, 4.69) is 4.99 Å². The quantitative estimate of drug-likeness (QED) is 0.347. The number of carbonyl (C=O) groups is 2. The van der Waals surface area contributed by atoms with Gasteiger partial charge in [-0.25, -0.2) is 9.79 Å². The van der Waals surface area contributed by atoms with Crippen molar-refractivity contribution in [1.82, 2.24) is 4.57 Å². The number of ether oxygens (including phenoxy) is 4. The van der Waals surface area contributed by atoms with Gasteiger partial charge in [-0.15, -0.1) is 0 Å². The van der Waals surface area contributed by atoms with Gasteiger partial charge in [-0.2, -0.15) is 0 Å². The third-order valence-corrected chi connectivity index (χ3v) is 6.67. The molecule has 1 aromatic heterocycles. The van der Waals surface area contributed by atoms with Gasteiger partial charge in [0.05, 0.1) is 42.7 Å². The molecule has 0 radical (unpaired) electrons. The van der Waals surface area contributed by atoms with Crippen LogP contribution in [0.4, 0.5) is 0 Å². The Kier molecular flexibility index (Phi) is 7.58. The maximum absolute atomic E-state index is 13.7. The molecule has 3 aromatic rings. The van der Waals surface area contributed by atoms with Gasteiger partial charge in [-0.05, 0) is 55.3 Å². The molecule has 0 saturated heterocycles. The van der Waals surface area contributed by atoms with E-state index in [-0.39, 0.29) is 17.9 Å². The van der Waals surface area contributed by atoms with Crippen molar-refractivity contribution in [3.8, 4) is 17.2 Å². The van der Waals surface area contributed by atoms with Gasteiger partial charge in [0.15, 0.2) is 16.3 Å². The lowest BCUT2D eigenvalue weighted by Crippen LogP contribution is -2.39. The fraction of sp³-hybridized carbons (Fsp3) is 0.259. The molecule has 10 heteroatoms. The Balaban J connectivity index is 1.88. The standard InChI is InChI=1S/C27H26N2O7S/c1-6-35-26(32)23-15(2)28-27-29(24(23)18-8-10-19(33-4)11-9-18)25(31)22(37-27)14-17-7-12-20(36-16(3)30)21(13-17)34-5/h7-14,24H,6H2,1-5H3/t24-/m1/s1. The lowest BCUT2D eigenvalue weighted by Gasteiger charge is -2.24. The number of carbonyl (C=O) groups excluding carboxylic acids is 2. The number of allylic oxidation sites excluding steroid dienone is 1. The average molecular weight is 523 g/mol. The van der Waals surface area contributed by atoms with E-state index < -0.39 is 18.0 Å². The van der Waals surface area contributed by atoms with Gasteiger partial charge in [-0.3, -0.25) is 14.2 Å². The first-order chi connectivity index (χ1) is 17.8. The van der Waals surface area contributed by atoms with Crippen LogP contribution in [0, 0.1) is 0 Å². The van der Waals surface area contributed by atoms with E-state index in [0.29, 0.717) is 37.7 Å². The van der Waals surface area contributed by atoms with Gasteiger partial charge in [0, 0.05) is 6.92 Å². The minimum absolute atomic E-state index is 0.195. The number of fused-ring (bicyclic) bond motifs is 1. The minimum atomic E-state index is -0.718. The second-order valence-electron chi connectivity index (χ2n) is 8.08. The molecule has 1 aliphatic rings. The molecule has 2 aromatic carbocycles. The summed E-state index contributed by atoms with van der Waals surface area (Å²) in [5.41, 5.74) is 1.87. The maximum Gasteiger partial charge on any atom is 0.338 e. The van der Waals surface area contributed by atoms with Crippen molar-refractivity contribution >= 4 is 29.4 Å². The molecule has 2 heterocycles. The van der Waals surface area contributed by atoms with E-state index in [0.717, 1.165) is 5.56 Å². The molecule has 37 heavy (non-hydrogen) atoms. The molecule has 1 atom stereocenters. The fourth-order valence-corrected chi connectivity index (χ4v) is 5.10. The summed E-state index contributed by atoms with van der Waals surface area (Å²) in [6, 6.07) is 11.5. The van der Waals surface area contributed by atoms with Crippen LogP contribution in [-0.2, 0) is 14.3 Å². The zero-order chi connectivity index (χ0) is 26.7. The number of hydrogen-bond acceptors (Lipinski definition) is 9. The van der Waals surface area contributed by atoms with Crippen molar-refractivity contribution in [3.05, 3.63) is 84.5 Å². The van der Waals surface area contributed by atoms with Crippen LogP contribution >= 0.6 is 11.3 Å². The summed E-state index contributed by atoms with van der Waals surface area (Å²) >= 11 is 1.21. The summed E-state index contributed by atoms with van der Waals surface area (Å²) in [7, 11) is 3.04. The number of hydrogen-bond donors (Lipinski definition) is 0. The van der Waals surface area contributed by atoms with Gasteiger partial charge in [-0.1, -0.05) is 29.5 Å². The van der Waals surface area contributed by atoms with Crippen LogP contribution in [0.1, 0.15) is 37.9 Å². The van der Waals surface area contributed by atoms with Crippen molar-refractivity contribution < 1.29 is 28.5 Å². The topological polar surface area (TPSA) is 105 Å². The van der Waals surface area contributed by atoms with E-state index in [1.165, 1.54) is 29.9 Å². The molecular formula is C27H26N2O7S.